The Morgan fingerprint density at radius 2 is 2.20 bits per heavy atom. The van der Waals surface area contributed by atoms with Crippen molar-refractivity contribution in [3.8, 4) is 0 Å². The lowest BCUT2D eigenvalue weighted by Crippen LogP contribution is -2.38. The summed E-state index contributed by atoms with van der Waals surface area (Å²) < 4.78 is 4.96. The van der Waals surface area contributed by atoms with Gasteiger partial charge in [-0.3, -0.25) is 4.90 Å². The fourth-order valence-electron chi connectivity index (χ4n) is 2.59. The van der Waals surface area contributed by atoms with Gasteiger partial charge in [0.1, 0.15) is 0 Å². The standard InChI is InChI=1S/C14H23N3O2S/c1-3-19-14(18)13-16-11(9-20-13)8-17(2)12-6-4-10(15)5-7-12/h9-10,12H,3-8,15H2,1-2H3. The summed E-state index contributed by atoms with van der Waals surface area (Å²) in [6.07, 6.45) is 4.49. The molecule has 0 atom stereocenters. The van der Waals surface area contributed by atoms with Crippen molar-refractivity contribution in [3.05, 3.63) is 16.1 Å². The van der Waals surface area contributed by atoms with E-state index in [2.05, 4.69) is 16.9 Å². The second kappa shape index (κ2) is 7.15. The highest BCUT2D eigenvalue weighted by Crippen LogP contribution is 2.23. The average molecular weight is 297 g/mol. The summed E-state index contributed by atoms with van der Waals surface area (Å²) in [5.41, 5.74) is 6.87. The lowest BCUT2D eigenvalue weighted by molar-refractivity contribution is 0.0525. The Morgan fingerprint density at radius 1 is 1.50 bits per heavy atom. The zero-order valence-corrected chi connectivity index (χ0v) is 13.0. The highest BCUT2D eigenvalue weighted by atomic mass is 32.1. The normalized spacial score (nSPS) is 23.0. The summed E-state index contributed by atoms with van der Waals surface area (Å²) in [5, 5.41) is 2.39. The van der Waals surface area contributed by atoms with E-state index in [1.54, 1.807) is 6.92 Å². The number of nitrogens with zero attached hydrogens (tertiary/aromatic N) is 2. The molecule has 0 bridgehead atoms. The lowest BCUT2D eigenvalue weighted by Gasteiger charge is -2.33. The van der Waals surface area contributed by atoms with Crippen molar-refractivity contribution in [3.63, 3.8) is 0 Å². The maximum Gasteiger partial charge on any atom is 0.367 e. The fourth-order valence-corrected chi connectivity index (χ4v) is 3.29. The Kier molecular flexibility index (Phi) is 5.51. The third-order valence-electron chi connectivity index (χ3n) is 3.78. The Labute approximate surface area is 124 Å². The highest BCUT2D eigenvalue weighted by Gasteiger charge is 2.22. The van der Waals surface area contributed by atoms with Crippen LogP contribution in [-0.2, 0) is 11.3 Å². The molecule has 0 radical (unpaired) electrons. The van der Waals surface area contributed by atoms with Crippen molar-refractivity contribution in [1.82, 2.24) is 9.88 Å². The third kappa shape index (κ3) is 4.01. The van der Waals surface area contributed by atoms with E-state index in [1.165, 1.54) is 11.3 Å². The molecule has 1 fully saturated rings. The molecule has 1 aliphatic rings. The number of carbonyl (C=O) groups excluding carboxylic acids is 1. The molecule has 1 heterocycles. The molecule has 112 valence electrons. The minimum absolute atomic E-state index is 0.324. The molecule has 0 amide bonds. The number of esters is 1. The number of aromatic nitrogens is 1. The molecular formula is C14H23N3O2S. The van der Waals surface area contributed by atoms with Crippen molar-refractivity contribution in [2.24, 2.45) is 5.73 Å². The third-order valence-corrected chi connectivity index (χ3v) is 4.65. The van der Waals surface area contributed by atoms with E-state index < -0.39 is 0 Å². The van der Waals surface area contributed by atoms with E-state index >= 15 is 0 Å². The second-order valence-corrected chi connectivity index (χ2v) is 6.21. The van der Waals surface area contributed by atoms with Gasteiger partial charge < -0.3 is 10.5 Å². The van der Waals surface area contributed by atoms with E-state index in [9.17, 15) is 4.79 Å². The molecule has 1 aromatic rings. The van der Waals surface area contributed by atoms with Crippen molar-refractivity contribution >= 4 is 17.3 Å². The Bertz CT molecular complexity index is 441. The van der Waals surface area contributed by atoms with Crippen LogP contribution in [0.15, 0.2) is 5.38 Å². The van der Waals surface area contributed by atoms with Crippen molar-refractivity contribution in [1.29, 1.82) is 0 Å². The van der Waals surface area contributed by atoms with Crippen molar-refractivity contribution < 1.29 is 9.53 Å². The zero-order chi connectivity index (χ0) is 14.5. The van der Waals surface area contributed by atoms with Gasteiger partial charge in [-0.15, -0.1) is 11.3 Å². The molecule has 0 aliphatic heterocycles. The quantitative estimate of drug-likeness (QED) is 0.842. The van der Waals surface area contributed by atoms with Crippen LogP contribution in [-0.4, -0.2) is 41.6 Å². The molecule has 2 rings (SSSR count). The van der Waals surface area contributed by atoms with Gasteiger partial charge in [0, 0.05) is 24.0 Å². The average Bonchev–Trinajstić information content (AvgIpc) is 2.88. The lowest BCUT2D eigenvalue weighted by atomic mass is 9.91. The van der Waals surface area contributed by atoms with Crippen LogP contribution in [0.3, 0.4) is 0 Å². The van der Waals surface area contributed by atoms with Crippen molar-refractivity contribution in [2.75, 3.05) is 13.7 Å². The number of ether oxygens (including phenoxy) is 1. The Morgan fingerprint density at radius 3 is 2.85 bits per heavy atom. The first-order chi connectivity index (χ1) is 9.60. The summed E-state index contributed by atoms with van der Waals surface area (Å²) in [6, 6.07) is 0.942. The predicted molar refractivity (Wildman–Crippen MR) is 79.8 cm³/mol. The van der Waals surface area contributed by atoms with Gasteiger partial charge in [0.15, 0.2) is 0 Å². The van der Waals surface area contributed by atoms with Gasteiger partial charge in [0.2, 0.25) is 5.01 Å². The number of thiazole rings is 1. The summed E-state index contributed by atoms with van der Waals surface area (Å²) in [4.78, 5) is 18.3. The summed E-state index contributed by atoms with van der Waals surface area (Å²) in [7, 11) is 2.12. The minimum Gasteiger partial charge on any atom is -0.461 e. The fraction of sp³-hybridized carbons (Fsp3) is 0.714. The molecule has 0 saturated heterocycles. The largest absolute Gasteiger partial charge is 0.461 e. The SMILES string of the molecule is CCOC(=O)c1nc(CN(C)C2CCC(N)CC2)cs1. The second-order valence-electron chi connectivity index (χ2n) is 5.35. The van der Waals surface area contributed by atoms with Gasteiger partial charge >= 0.3 is 5.97 Å². The molecule has 2 N–H and O–H groups in total. The van der Waals surface area contributed by atoms with Gasteiger partial charge in [-0.05, 0) is 39.7 Å². The van der Waals surface area contributed by atoms with E-state index in [4.69, 9.17) is 10.5 Å². The topological polar surface area (TPSA) is 68.5 Å². The smallest absolute Gasteiger partial charge is 0.367 e. The first-order valence-corrected chi connectivity index (χ1v) is 8.05. The zero-order valence-electron chi connectivity index (χ0n) is 12.2. The molecule has 5 nitrogen and oxygen atoms in total. The Balaban J connectivity index is 1.88. The molecule has 0 aromatic carbocycles. The first kappa shape index (κ1) is 15.4. The number of nitrogens with two attached hydrogens (primary N) is 1. The number of hydrogen-bond donors (Lipinski definition) is 1. The van der Waals surface area contributed by atoms with E-state index in [-0.39, 0.29) is 5.97 Å². The monoisotopic (exact) mass is 297 g/mol. The van der Waals surface area contributed by atoms with Gasteiger partial charge in [-0.2, -0.15) is 0 Å². The molecule has 0 unspecified atom stereocenters. The van der Waals surface area contributed by atoms with Crippen molar-refractivity contribution in [2.45, 2.75) is 51.2 Å². The molecule has 20 heavy (non-hydrogen) atoms. The maximum atomic E-state index is 11.6. The predicted octanol–water partition coefficient (Wildman–Crippen LogP) is 2.02. The van der Waals surface area contributed by atoms with Crippen LogP contribution in [0.1, 0.15) is 48.1 Å². The van der Waals surface area contributed by atoms with Gasteiger partial charge in [-0.25, -0.2) is 9.78 Å². The van der Waals surface area contributed by atoms with Crippen LogP contribution < -0.4 is 5.73 Å². The minimum atomic E-state index is -0.324. The van der Waals surface area contributed by atoms with E-state index in [0.717, 1.165) is 37.9 Å². The molecule has 0 spiro atoms. The number of carbonyl (C=O) groups is 1. The number of rotatable bonds is 5. The molecule has 1 saturated carbocycles. The molecular weight excluding hydrogens is 274 g/mol. The van der Waals surface area contributed by atoms with Gasteiger partial charge in [0.25, 0.3) is 0 Å². The van der Waals surface area contributed by atoms with Crippen LogP contribution in [0.2, 0.25) is 0 Å². The number of hydrogen-bond acceptors (Lipinski definition) is 6. The van der Waals surface area contributed by atoms with Crippen LogP contribution in [0, 0.1) is 0 Å². The molecule has 1 aliphatic carbocycles. The van der Waals surface area contributed by atoms with Crippen LogP contribution >= 0.6 is 11.3 Å². The van der Waals surface area contributed by atoms with Crippen LogP contribution in [0.25, 0.3) is 0 Å². The molecule has 1 aromatic heterocycles. The summed E-state index contributed by atoms with van der Waals surface area (Å²) >= 11 is 1.35. The van der Waals surface area contributed by atoms with E-state index in [1.807, 2.05) is 5.38 Å². The van der Waals surface area contributed by atoms with E-state index in [0.29, 0.717) is 23.7 Å². The Hall–Kier alpha value is -0.980. The summed E-state index contributed by atoms with van der Waals surface area (Å²) in [6.45, 7) is 2.96. The highest BCUT2D eigenvalue weighted by molar-refractivity contribution is 7.11. The van der Waals surface area contributed by atoms with Gasteiger partial charge in [0.05, 0.1) is 12.3 Å². The van der Waals surface area contributed by atoms with Crippen LogP contribution in [0.5, 0.6) is 0 Å². The first-order valence-electron chi connectivity index (χ1n) is 7.17. The molecule has 6 heteroatoms. The van der Waals surface area contributed by atoms with Crippen LogP contribution in [0.4, 0.5) is 0 Å². The summed E-state index contributed by atoms with van der Waals surface area (Å²) in [5.74, 6) is -0.324. The maximum absolute atomic E-state index is 11.6. The van der Waals surface area contributed by atoms with Gasteiger partial charge in [-0.1, -0.05) is 0 Å².